The molecule has 4 rings (SSSR count). The summed E-state index contributed by atoms with van der Waals surface area (Å²) in [5, 5.41) is 5.80. The van der Waals surface area contributed by atoms with Crippen LogP contribution in [0.4, 0.5) is 16.2 Å². The number of hydrogen-bond acceptors (Lipinski definition) is 3. The average Bonchev–Trinajstić information content (AvgIpc) is 2.75. The molecule has 0 heterocycles. The molecule has 0 saturated carbocycles. The molecule has 160 valence electrons. The number of rotatable bonds is 5. The van der Waals surface area contributed by atoms with Gasteiger partial charge in [-0.2, -0.15) is 0 Å². The zero-order valence-corrected chi connectivity index (χ0v) is 18.0. The Balaban J connectivity index is 1.34. The number of amides is 2. The zero-order chi connectivity index (χ0) is 21.8. The Morgan fingerprint density at radius 3 is 2.26 bits per heavy atom. The van der Waals surface area contributed by atoms with Crippen LogP contribution in [0.3, 0.4) is 0 Å². The maximum Gasteiger partial charge on any atom is 0.323 e. The molecule has 1 unspecified atom stereocenters. The van der Waals surface area contributed by atoms with Gasteiger partial charge in [0.05, 0.1) is 0 Å². The number of nitrogens with one attached hydrogen (secondary N) is 2. The summed E-state index contributed by atoms with van der Waals surface area (Å²) in [4.78, 5) is 12.4. The second-order valence-electron chi connectivity index (χ2n) is 8.76. The highest BCUT2D eigenvalue weighted by atomic mass is 16.5. The Morgan fingerprint density at radius 1 is 0.903 bits per heavy atom. The number of carbonyl (C=O) groups excluding carboxylic acids is 1. The van der Waals surface area contributed by atoms with E-state index in [0.29, 0.717) is 17.4 Å². The van der Waals surface area contributed by atoms with Gasteiger partial charge in [0.2, 0.25) is 0 Å². The van der Waals surface area contributed by atoms with E-state index in [1.807, 2.05) is 60.7 Å². The largest absolute Gasteiger partial charge is 0.457 e. The van der Waals surface area contributed by atoms with Crippen molar-refractivity contribution < 1.29 is 9.53 Å². The first-order valence-electron chi connectivity index (χ1n) is 10.7. The Bertz CT molecular complexity index is 1040. The van der Waals surface area contributed by atoms with Crippen LogP contribution in [-0.2, 0) is 12.8 Å². The molecule has 4 N–H and O–H groups in total. The smallest absolute Gasteiger partial charge is 0.323 e. The third-order valence-electron chi connectivity index (χ3n) is 5.84. The molecule has 5 nitrogen and oxygen atoms in total. The van der Waals surface area contributed by atoms with Crippen molar-refractivity contribution in [1.29, 1.82) is 0 Å². The highest BCUT2D eigenvalue weighted by molar-refractivity contribution is 5.99. The maximum atomic E-state index is 12.4. The summed E-state index contributed by atoms with van der Waals surface area (Å²) in [6.45, 7) is 4.20. The number of para-hydroxylation sites is 1. The van der Waals surface area contributed by atoms with Crippen LogP contribution in [0.5, 0.6) is 11.5 Å². The van der Waals surface area contributed by atoms with Crippen molar-refractivity contribution in [2.24, 2.45) is 11.7 Å². The lowest BCUT2D eigenvalue weighted by Gasteiger charge is -2.34. The van der Waals surface area contributed by atoms with Crippen LogP contribution in [0.25, 0.3) is 0 Å². The van der Waals surface area contributed by atoms with Crippen LogP contribution in [0.1, 0.15) is 31.4 Å². The SMILES string of the molecule is CC(C)(N)C1CCc2cc(NC(=O)Nc3ccc(Oc4ccccc4)cc3)ccc2C1. The van der Waals surface area contributed by atoms with Gasteiger partial charge in [0.25, 0.3) is 0 Å². The minimum absolute atomic E-state index is 0.170. The number of nitrogens with two attached hydrogens (primary N) is 1. The lowest BCUT2D eigenvalue weighted by molar-refractivity contribution is 0.262. The van der Waals surface area contributed by atoms with Gasteiger partial charge in [-0.25, -0.2) is 4.79 Å². The number of carbonyl (C=O) groups is 1. The molecule has 1 atom stereocenters. The van der Waals surface area contributed by atoms with Gasteiger partial charge in [-0.15, -0.1) is 0 Å². The minimum Gasteiger partial charge on any atom is -0.457 e. The number of aryl methyl sites for hydroxylation is 1. The highest BCUT2D eigenvalue weighted by Crippen LogP contribution is 2.32. The van der Waals surface area contributed by atoms with Gasteiger partial charge in [-0.3, -0.25) is 0 Å². The van der Waals surface area contributed by atoms with Gasteiger partial charge < -0.3 is 21.1 Å². The number of anilines is 2. The minimum atomic E-state index is -0.270. The summed E-state index contributed by atoms with van der Waals surface area (Å²) in [6.07, 6.45) is 3.05. The number of benzene rings is 3. The fourth-order valence-corrected chi connectivity index (χ4v) is 3.99. The zero-order valence-electron chi connectivity index (χ0n) is 18.0. The predicted octanol–water partition coefficient (Wildman–Crippen LogP) is 5.97. The van der Waals surface area contributed by atoms with E-state index in [1.54, 1.807) is 0 Å². The number of hydrogen-bond donors (Lipinski definition) is 3. The summed E-state index contributed by atoms with van der Waals surface area (Å²) < 4.78 is 5.78. The van der Waals surface area contributed by atoms with E-state index in [2.05, 4.69) is 36.6 Å². The first-order valence-corrected chi connectivity index (χ1v) is 10.7. The molecule has 0 bridgehead atoms. The van der Waals surface area contributed by atoms with Crippen LogP contribution < -0.4 is 21.1 Å². The van der Waals surface area contributed by atoms with Gasteiger partial charge >= 0.3 is 6.03 Å². The predicted molar refractivity (Wildman–Crippen MR) is 126 cm³/mol. The summed E-state index contributed by atoms with van der Waals surface area (Å²) >= 11 is 0. The summed E-state index contributed by atoms with van der Waals surface area (Å²) in [6, 6.07) is 22.8. The van der Waals surface area contributed by atoms with E-state index >= 15 is 0 Å². The average molecular weight is 416 g/mol. The van der Waals surface area contributed by atoms with Gasteiger partial charge in [-0.1, -0.05) is 24.3 Å². The van der Waals surface area contributed by atoms with Gasteiger partial charge in [0, 0.05) is 16.9 Å². The van der Waals surface area contributed by atoms with Gasteiger partial charge in [-0.05, 0) is 98.7 Å². The Hall–Kier alpha value is -3.31. The second kappa shape index (κ2) is 8.82. The Morgan fingerprint density at radius 2 is 1.55 bits per heavy atom. The van der Waals surface area contributed by atoms with E-state index in [4.69, 9.17) is 10.5 Å². The molecule has 31 heavy (non-hydrogen) atoms. The van der Waals surface area contributed by atoms with Crippen molar-refractivity contribution in [2.45, 2.75) is 38.6 Å². The van der Waals surface area contributed by atoms with Crippen molar-refractivity contribution in [3.63, 3.8) is 0 Å². The van der Waals surface area contributed by atoms with Crippen molar-refractivity contribution in [3.05, 3.63) is 83.9 Å². The van der Waals surface area contributed by atoms with Crippen LogP contribution in [0.2, 0.25) is 0 Å². The second-order valence-corrected chi connectivity index (χ2v) is 8.76. The third-order valence-corrected chi connectivity index (χ3v) is 5.84. The summed E-state index contributed by atoms with van der Waals surface area (Å²) in [5.74, 6) is 1.97. The van der Waals surface area contributed by atoms with Gasteiger partial charge in [0.1, 0.15) is 11.5 Å². The van der Waals surface area contributed by atoms with Crippen molar-refractivity contribution in [2.75, 3.05) is 10.6 Å². The standard InChI is InChI=1S/C26H29N3O2/c1-26(2,27)20-10-8-19-17-22(11-9-18(19)16-20)29-25(30)28-21-12-14-24(15-13-21)31-23-6-4-3-5-7-23/h3-7,9,11-15,17,20H,8,10,16,27H2,1-2H3,(H2,28,29,30). The van der Waals surface area contributed by atoms with Crippen molar-refractivity contribution in [3.8, 4) is 11.5 Å². The molecular weight excluding hydrogens is 386 g/mol. The molecule has 3 aromatic rings. The molecule has 0 aliphatic heterocycles. The van der Waals surface area contributed by atoms with E-state index < -0.39 is 0 Å². The van der Waals surface area contributed by atoms with Crippen molar-refractivity contribution >= 4 is 17.4 Å². The maximum absolute atomic E-state index is 12.4. The van der Waals surface area contributed by atoms with Crippen LogP contribution in [0, 0.1) is 5.92 Å². The lowest BCUT2D eigenvalue weighted by Crippen LogP contribution is -2.43. The van der Waals surface area contributed by atoms with Gasteiger partial charge in [0.15, 0.2) is 0 Å². The number of fused-ring (bicyclic) bond motifs is 1. The Kier molecular flexibility index (Phi) is 5.96. The quantitative estimate of drug-likeness (QED) is 0.481. The van der Waals surface area contributed by atoms with E-state index in [0.717, 1.165) is 30.7 Å². The molecule has 0 saturated heterocycles. The topological polar surface area (TPSA) is 76.4 Å². The molecule has 0 spiro atoms. The molecule has 1 aliphatic carbocycles. The summed E-state index contributed by atoms with van der Waals surface area (Å²) in [7, 11) is 0. The number of ether oxygens (including phenoxy) is 1. The van der Waals surface area contributed by atoms with Crippen LogP contribution >= 0.6 is 0 Å². The first kappa shape index (κ1) is 20.9. The fraction of sp³-hybridized carbons (Fsp3) is 0.269. The molecule has 0 aromatic heterocycles. The van der Waals surface area contributed by atoms with E-state index in [9.17, 15) is 4.79 Å². The lowest BCUT2D eigenvalue weighted by atomic mass is 9.75. The fourth-order valence-electron chi connectivity index (χ4n) is 3.99. The third kappa shape index (κ3) is 5.44. The summed E-state index contributed by atoms with van der Waals surface area (Å²) in [5.41, 5.74) is 10.3. The molecule has 2 amide bonds. The van der Waals surface area contributed by atoms with Crippen molar-refractivity contribution in [1.82, 2.24) is 0 Å². The van der Waals surface area contributed by atoms with Crippen LogP contribution in [-0.4, -0.2) is 11.6 Å². The van der Waals surface area contributed by atoms with E-state index in [1.165, 1.54) is 11.1 Å². The molecular formula is C26H29N3O2. The highest BCUT2D eigenvalue weighted by Gasteiger charge is 2.29. The number of urea groups is 1. The molecule has 1 aliphatic rings. The first-order chi connectivity index (χ1) is 14.9. The molecule has 5 heteroatoms. The molecule has 0 radical (unpaired) electrons. The molecule has 3 aromatic carbocycles. The van der Waals surface area contributed by atoms with E-state index in [-0.39, 0.29) is 11.6 Å². The molecule has 0 fully saturated rings. The normalized spacial score (nSPS) is 15.6. The monoisotopic (exact) mass is 415 g/mol. The van der Waals surface area contributed by atoms with Crippen LogP contribution in [0.15, 0.2) is 72.8 Å². The Labute approximate surface area is 183 Å².